The number of carbonyl (C=O) groups is 1. The molecule has 0 amide bonds. The van der Waals surface area contributed by atoms with Gasteiger partial charge in [-0.3, -0.25) is 4.79 Å². The molecular weight excluding hydrogens is 266 g/mol. The predicted octanol–water partition coefficient (Wildman–Crippen LogP) is 2.57. The van der Waals surface area contributed by atoms with Gasteiger partial charge < -0.3 is 14.8 Å². The van der Waals surface area contributed by atoms with Crippen LogP contribution in [0.5, 0.6) is 5.75 Å². The average Bonchev–Trinajstić information content (AvgIpc) is 2.87. The monoisotopic (exact) mass is 291 g/mol. The molecule has 4 nitrogen and oxygen atoms in total. The number of nitrogens with one attached hydrogen (secondary N) is 1. The van der Waals surface area contributed by atoms with Crippen molar-refractivity contribution in [2.45, 2.75) is 51.7 Å². The molecule has 0 saturated carbocycles. The minimum Gasteiger partial charge on any atom is -0.489 e. The third-order valence-electron chi connectivity index (χ3n) is 3.91. The molecule has 1 aliphatic rings. The highest BCUT2D eigenvalue weighted by Gasteiger charge is 2.31. The van der Waals surface area contributed by atoms with Crippen LogP contribution in [0.3, 0.4) is 0 Å². The lowest BCUT2D eigenvalue weighted by Crippen LogP contribution is -2.31. The molecule has 0 unspecified atom stereocenters. The molecule has 0 aromatic heterocycles. The Morgan fingerprint density at radius 3 is 2.62 bits per heavy atom. The van der Waals surface area contributed by atoms with Crippen molar-refractivity contribution in [3.63, 3.8) is 0 Å². The Kier molecular flexibility index (Phi) is 4.57. The van der Waals surface area contributed by atoms with E-state index in [2.05, 4.69) is 45.1 Å². The van der Waals surface area contributed by atoms with Crippen molar-refractivity contribution in [1.82, 2.24) is 5.32 Å². The Hall–Kier alpha value is -1.55. The molecule has 4 heteroatoms. The first-order valence-electron chi connectivity index (χ1n) is 7.40. The Bertz CT molecular complexity index is 519. The first-order valence-corrected chi connectivity index (χ1v) is 7.40. The number of aryl methyl sites for hydroxylation is 1. The number of benzene rings is 1. The highest BCUT2D eigenvalue weighted by Crippen LogP contribution is 2.28. The molecule has 1 fully saturated rings. The molecule has 1 heterocycles. The molecule has 1 N–H and O–H groups in total. The molecule has 0 radical (unpaired) electrons. The molecular formula is C17H25NO3. The van der Waals surface area contributed by atoms with Crippen molar-refractivity contribution in [3.8, 4) is 5.75 Å². The standard InChI is InChI=1S/C17H25NO3/c1-11-8-12(17(2,3)4)6-7-15(11)21-13-9-14(18-10-13)16(19)20-5/h6-8,13-14,18H,9-10H2,1-5H3/t13-,14+/m1/s1. The third kappa shape index (κ3) is 3.76. The van der Waals surface area contributed by atoms with Crippen LogP contribution in [0.2, 0.25) is 0 Å². The Morgan fingerprint density at radius 2 is 2.05 bits per heavy atom. The first kappa shape index (κ1) is 15.8. The zero-order valence-corrected chi connectivity index (χ0v) is 13.5. The van der Waals surface area contributed by atoms with Gasteiger partial charge in [-0.1, -0.05) is 32.9 Å². The maximum Gasteiger partial charge on any atom is 0.323 e. The van der Waals surface area contributed by atoms with Gasteiger partial charge in [0, 0.05) is 13.0 Å². The number of hydrogen-bond donors (Lipinski definition) is 1. The summed E-state index contributed by atoms with van der Waals surface area (Å²) < 4.78 is 10.8. The van der Waals surface area contributed by atoms with Gasteiger partial charge in [0.1, 0.15) is 17.9 Å². The van der Waals surface area contributed by atoms with Crippen molar-refractivity contribution in [2.75, 3.05) is 13.7 Å². The van der Waals surface area contributed by atoms with E-state index in [9.17, 15) is 4.79 Å². The van der Waals surface area contributed by atoms with E-state index in [-0.39, 0.29) is 23.5 Å². The second kappa shape index (κ2) is 6.06. The fourth-order valence-electron chi connectivity index (χ4n) is 2.54. The molecule has 1 aromatic carbocycles. The molecule has 2 atom stereocenters. The third-order valence-corrected chi connectivity index (χ3v) is 3.91. The summed E-state index contributed by atoms with van der Waals surface area (Å²) in [5.74, 6) is 0.668. The van der Waals surface area contributed by atoms with Crippen molar-refractivity contribution < 1.29 is 14.3 Å². The quantitative estimate of drug-likeness (QED) is 0.870. The van der Waals surface area contributed by atoms with Crippen molar-refractivity contribution >= 4 is 5.97 Å². The number of carbonyl (C=O) groups excluding carboxylic acids is 1. The zero-order valence-electron chi connectivity index (χ0n) is 13.5. The second-order valence-corrected chi connectivity index (χ2v) is 6.69. The van der Waals surface area contributed by atoms with Crippen LogP contribution in [-0.4, -0.2) is 31.8 Å². The Morgan fingerprint density at radius 1 is 1.33 bits per heavy atom. The van der Waals surface area contributed by atoms with Crippen molar-refractivity contribution in [2.24, 2.45) is 0 Å². The SMILES string of the molecule is COC(=O)[C@@H]1C[C@@H](Oc2ccc(C(C)(C)C)cc2C)CN1. The van der Waals surface area contributed by atoms with E-state index in [0.717, 1.165) is 11.3 Å². The number of ether oxygens (including phenoxy) is 2. The van der Waals surface area contributed by atoms with Crippen LogP contribution in [0, 0.1) is 6.92 Å². The van der Waals surface area contributed by atoms with Gasteiger partial charge in [0.2, 0.25) is 0 Å². The smallest absolute Gasteiger partial charge is 0.323 e. The van der Waals surface area contributed by atoms with Gasteiger partial charge in [-0.15, -0.1) is 0 Å². The highest BCUT2D eigenvalue weighted by molar-refractivity contribution is 5.76. The van der Waals surface area contributed by atoms with E-state index in [4.69, 9.17) is 9.47 Å². The summed E-state index contributed by atoms with van der Waals surface area (Å²) in [6.45, 7) is 9.32. The number of hydrogen-bond acceptors (Lipinski definition) is 4. The lowest BCUT2D eigenvalue weighted by molar-refractivity contribution is -0.142. The fraction of sp³-hybridized carbons (Fsp3) is 0.588. The lowest BCUT2D eigenvalue weighted by Gasteiger charge is -2.21. The van der Waals surface area contributed by atoms with E-state index >= 15 is 0 Å². The van der Waals surface area contributed by atoms with Crippen LogP contribution in [0.25, 0.3) is 0 Å². The van der Waals surface area contributed by atoms with Crippen LogP contribution in [0.15, 0.2) is 18.2 Å². The molecule has 2 rings (SSSR count). The van der Waals surface area contributed by atoms with E-state index in [1.807, 2.05) is 6.07 Å². The molecule has 0 spiro atoms. The van der Waals surface area contributed by atoms with Gasteiger partial charge in [-0.2, -0.15) is 0 Å². The maximum atomic E-state index is 11.5. The zero-order chi connectivity index (χ0) is 15.6. The van der Waals surface area contributed by atoms with E-state index in [1.165, 1.54) is 12.7 Å². The van der Waals surface area contributed by atoms with Crippen LogP contribution in [0.1, 0.15) is 38.3 Å². The van der Waals surface area contributed by atoms with Gasteiger partial charge in [0.25, 0.3) is 0 Å². The molecule has 1 aromatic rings. The van der Waals surface area contributed by atoms with E-state index < -0.39 is 0 Å². The summed E-state index contributed by atoms with van der Waals surface area (Å²) in [6.07, 6.45) is 0.654. The van der Waals surface area contributed by atoms with Crippen LogP contribution < -0.4 is 10.1 Å². The molecule has 1 aliphatic heterocycles. The van der Waals surface area contributed by atoms with Crippen LogP contribution >= 0.6 is 0 Å². The molecule has 0 aliphatic carbocycles. The minimum absolute atomic E-state index is 0.00767. The molecule has 1 saturated heterocycles. The molecule has 0 bridgehead atoms. The molecule has 21 heavy (non-hydrogen) atoms. The van der Waals surface area contributed by atoms with Gasteiger partial charge in [0.05, 0.1) is 7.11 Å². The minimum atomic E-state index is -0.255. The van der Waals surface area contributed by atoms with Gasteiger partial charge in [-0.25, -0.2) is 0 Å². The summed E-state index contributed by atoms with van der Waals surface area (Å²) in [7, 11) is 1.41. The Balaban J connectivity index is 2.03. The first-order chi connectivity index (χ1) is 9.81. The topological polar surface area (TPSA) is 47.6 Å². The molecule has 116 valence electrons. The maximum absolute atomic E-state index is 11.5. The second-order valence-electron chi connectivity index (χ2n) is 6.69. The highest BCUT2D eigenvalue weighted by atomic mass is 16.5. The number of rotatable bonds is 3. The van der Waals surface area contributed by atoms with E-state index in [1.54, 1.807) is 0 Å². The van der Waals surface area contributed by atoms with Gasteiger partial charge in [0.15, 0.2) is 0 Å². The normalized spacial score (nSPS) is 22.1. The number of methoxy groups -OCH3 is 1. The van der Waals surface area contributed by atoms with Crippen LogP contribution in [0.4, 0.5) is 0 Å². The summed E-state index contributed by atoms with van der Waals surface area (Å²) in [6, 6.07) is 6.06. The van der Waals surface area contributed by atoms with Gasteiger partial charge in [-0.05, 0) is 29.5 Å². The van der Waals surface area contributed by atoms with Crippen molar-refractivity contribution in [1.29, 1.82) is 0 Å². The summed E-state index contributed by atoms with van der Waals surface area (Å²) >= 11 is 0. The summed E-state index contributed by atoms with van der Waals surface area (Å²) in [5, 5.41) is 3.13. The lowest BCUT2D eigenvalue weighted by atomic mass is 9.86. The van der Waals surface area contributed by atoms with Crippen molar-refractivity contribution in [3.05, 3.63) is 29.3 Å². The summed E-state index contributed by atoms with van der Waals surface area (Å²) in [5.41, 5.74) is 2.56. The van der Waals surface area contributed by atoms with Gasteiger partial charge >= 0.3 is 5.97 Å². The predicted molar refractivity (Wildman–Crippen MR) is 82.7 cm³/mol. The average molecular weight is 291 g/mol. The Labute approximate surface area is 126 Å². The number of esters is 1. The van der Waals surface area contributed by atoms with E-state index in [0.29, 0.717) is 13.0 Å². The summed E-state index contributed by atoms with van der Waals surface area (Å²) in [4.78, 5) is 11.5. The van der Waals surface area contributed by atoms with Crippen LogP contribution in [-0.2, 0) is 14.9 Å². The largest absolute Gasteiger partial charge is 0.489 e. The fourth-order valence-corrected chi connectivity index (χ4v) is 2.54.